The van der Waals surface area contributed by atoms with Crippen LogP contribution in [0.3, 0.4) is 0 Å². The Bertz CT molecular complexity index is 765. The minimum Gasteiger partial charge on any atom is -0.396 e. The van der Waals surface area contributed by atoms with Gasteiger partial charge in [-0.2, -0.15) is 0 Å². The molecular weight excluding hydrogens is 336 g/mol. The Morgan fingerprint density at radius 2 is 1.85 bits per heavy atom. The zero-order valence-corrected chi connectivity index (χ0v) is 15.8. The highest BCUT2D eigenvalue weighted by atomic mass is 16.3. The molecule has 0 saturated heterocycles. The summed E-state index contributed by atoms with van der Waals surface area (Å²) in [4.78, 5) is 6.63. The number of hydrogen-bond acceptors (Lipinski definition) is 3. The lowest BCUT2D eigenvalue weighted by atomic mass is 10.0. The molecule has 0 bridgehead atoms. The van der Waals surface area contributed by atoms with E-state index in [0.29, 0.717) is 13.1 Å². The first-order valence-electron chi connectivity index (χ1n) is 9.39. The van der Waals surface area contributed by atoms with E-state index in [2.05, 4.69) is 56.9 Å². The van der Waals surface area contributed by atoms with Crippen LogP contribution in [0.5, 0.6) is 0 Å². The standard InChI is InChI=1S/C22H28N4O/c1-23-22(25-16-20(17-27)19-9-3-2-4-10-19)24-15-18-8-7-11-21(14-18)26-12-5-6-13-26/h2-11,14,20,27H,12-13,15-17H2,1H3,(H2,23,24,25). The molecule has 1 unspecified atom stereocenters. The fourth-order valence-corrected chi connectivity index (χ4v) is 3.19. The minimum atomic E-state index is 0.0377. The number of nitrogens with one attached hydrogen (secondary N) is 2. The Morgan fingerprint density at radius 1 is 1.07 bits per heavy atom. The third-order valence-electron chi connectivity index (χ3n) is 4.78. The smallest absolute Gasteiger partial charge is 0.191 e. The van der Waals surface area contributed by atoms with Crippen molar-refractivity contribution in [3.8, 4) is 0 Å². The molecule has 27 heavy (non-hydrogen) atoms. The Hall–Kier alpha value is -2.79. The topological polar surface area (TPSA) is 59.9 Å². The molecule has 1 heterocycles. The number of benzene rings is 2. The second-order valence-electron chi connectivity index (χ2n) is 6.64. The summed E-state index contributed by atoms with van der Waals surface area (Å²) >= 11 is 0. The predicted octanol–water partition coefficient (Wildman–Crippen LogP) is 2.50. The van der Waals surface area contributed by atoms with Gasteiger partial charge in [0.05, 0.1) is 6.61 Å². The highest BCUT2D eigenvalue weighted by molar-refractivity contribution is 5.79. The van der Waals surface area contributed by atoms with Crippen LogP contribution in [0.25, 0.3) is 0 Å². The molecule has 0 amide bonds. The van der Waals surface area contributed by atoms with Crippen LogP contribution in [0, 0.1) is 0 Å². The molecule has 0 saturated carbocycles. The van der Waals surface area contributed by atoms with Crippen molar-refractivity contribution in [2.75, 3.05) is 38.2 Å². The number of nitrogens with zero attached hydrogens (tertiary/aromatic N) is 2. The van der Waals surface area contributed by atoms with Crippen molar-refractivity contribution in [1.82, 2.24) is 10.6 Å². The Morgan fingerprint density at radius 3 is 2.56 bits per heavy atom. The molecule has 0 aromatic heterocycles. The Labute approximate surface area is 161 Å². The van der Waals surface area contributed by atoms with Gasteiger partial charge in [-0.25, -0.2) is 0 Å². The van der Waals surface area contributed by atoms with Gasteiger partial charge >= 0.3 is 0 Å². The second kappa shape index (κ2) is 9.78. The molecule has 1 atom stereocenters. The molecule has 0 aliphatic carbocycles. The first kappa shape index (κ1) is 19.0. The van der Waals surface area contributed by atoms with Crippen LogP contribution in [0.2, 0.25) is 0 Å². The van der Waals surface area contributed by atoms with Crippen LogP contribution in [0.1, 0.15) is 17.0 Å². The monoisotopic (exact) mass is 364 g/mol. The molecular formula is C22H28N4O. The molecule has 2 aromatic carbocycles. The van der Waals surface area contributed by atoms with Crippen LogP contribution in [0.4, 0.5) is 5.69 Å². The third kappa shape index (κ3) is 5.34. The fraction of sp³-hybridized carbons (Fsp3) is 0.318. The van der Waals surface area contributed by atoms with Crippen molar-refractivity contribution in [1.29, 1.82) is 0 Å². The van der Waals surface area contributed by atoms with Crippen molar-refractivity contribution < 1.29 is 5.11 Å². The van der Waals surface area contributed by atoms with Crippen molar-refractivity contribution in [3.63, 3.8) is 0 Å². The van der Waals surface area contributed by atoms with Gasteiger partial charge in [0.15, 0.2) is 5.96 Å². The molecule has 0 spiro atoms. The van der Waals surface area contributed by atoms with Crippen molar-refractivity contribution in [3.05, 3.63) is 77.9 Å². The van der Waals surface area contributed by atoms with E-state index in [1.807, 2.05) is 30.3 Å². The van der Waals surface area contributed by atoms with Gasteiger partial charge in [0.2, 0.25) is 0 Å². The summed E-state index contributed by atoms with van der Waals surface area (Å²) < 4.78 is 0. The zero-order chi connectivity index (χ0) is 18.9. The van der Waals surface area contributed by atoms with Gasteiger partial charge in [0, 0.05) is 44.8 Å². The maximum atomic E-state index is 9.70. The van der Waals surface area contributed by atoms with Crippen LogP contribution < -0.4 is 15.5 Å². The summed E-state index contributed by atoms with van der Waals surface area (Å²) in [6.07, 6.45) is 4.39. The summed E-state index contributed by atoms with van der Waals surface area (Å²) in [6, 6.07) is 18.6. The molecule has 5 nitrogen and oxygen atoms in total. The van der Waals surface area contributed by atoms with Gasteiger partial charge in [0.1, 0.15) is 0 Å². The van der Waals surface area contributed by atoms with E-state index in [9.17, 15) is 5.11 Å². The molecule has 0 radical (unpaired) electrons. The largest absolute Gasteiger partial charge is 0.396 e. The van der Waals surface area contributed by atoms with Crippen molar-refractivity contribution in [2.45, 2.75) is 12.5 Å². The number of aliphatic hydroxyl groups excluding tert-OH is 1. The first-order chi connectivity index (χ1) is 13.3. The van der Waals surface area contributed by atoms with Gasteiger partial charge < -0.3 is 20.6 Å². The lowest BCUT2D eigenvalue weighted by Crippen LogP contribution is -2.39. The van der Waals surface area contributed by atoms with E-state index in [0.717, 1.165) is 24.6 Å². The summed E-state index contributed by atoms with van der Waals surface area (Å²) in [5, 5.41) is 16.4. The van der Waals surface area contributed by atoms with Crippen molar-refractivity contribution in [2.24, 2.45) is 4.99 Å². The normalized spacial score (nSPS) is 15.0. The number of aliphatic imine (C=N–C) groups is 1. The van der Waals surface area contributed by atoms with Crippen LogP contribution in [-0.2, 0) is 6.54 Å². The summed E-state index contributed by atoms with van der Waals surface area (Å²) in [5.41, 5.74) is 3.57. The van der Waals surface area contributed by atoms with Crippen LogP contribution in [-0.4, -0.2) is 44.4 Å². The van der Waals surface area contributed by atoms with Gasteiger partial charge in [-0.15, -0.1) is 0 Å². The van der Waals surface area contributed by atoms with Crippen LogP contribution in [0.15, 0.2) is 71.7 Å². The maximum Gasteiger partial charge on any atom is 0.191 e. The quantitative estimate of drug-likeness (QED) is 0.401. The van der Waals surface area contributed by atoms with Crippen molar-refractivity contribution >= 4 is 11.6 Å². The number of aliphatic hydroxyl groups is 1. The highest BCUT2D eigenvalue weighted by Gasteiger charge is 2.11. The predicted molar refractivity (Wildman–Crippen MR) is 112 cm³/mol. The highest BCUT2D eigenvalue weighted by Crippen LogP contribution is 2.18. The second-order valence-corrected chi connectivity index (χ2v) is 6.64. The number of hydrogen-bond donors (Lipinski definition) is 3. The number of guanidine groups is 1. The molecule has 1 aliphatic rings. The van der Waals surface area contributed by atoms with Gasteiger partial charge in [-0.05, 0) is 23.3 Å². The summed E-state index contributed by atoms with van der Waals surface area (Å²) in [6.45, 7) is 3.37. The SMILES string of the molecule is CN=C(NCc1cccc(N2CC=CC2)c1)NCC(CO)c1ccccc1. The average molecular weight is 364 g/mol. The number of rotatable bonds is 7. The van der Waals surface area contributed by atoms with Crippen LogP contribution >= 0.6 is 0 Å². The molecule has 1 aliphatic heterocycles. The Balaban J connectivity index is 1.52. The summed E-state index contributed by atoms with van der Waals surface area (Å²) in [7, 11) is 1.76. The van der Waals surface area contributed by atoms with E-state index in [1.165, 1.54) is 11.3 Å². The molecule has 2 aromatic rings. The Kier molecular flexibility index (Phi) is 6.88. The molecule has 142 valence electrons. The summed E-state index contributed by atoms with van der Waals surface area (Å²) in [5.74, 6) is 0.772. The molecule has 3 rings (SSSR count). The zero-order valence-electron chi connectivity index (χ0n) is 15.8. The molecule has 5 heteroatoms. The maximum absolute atomic E-state index is 9.70. The lowest BCUT2D eigenvalue weighted by molar-refractivity contribution is 0.265. The van der Waals surface area contributed by atoms with Gasteiger partial charge in [-0.3, -0.25) is 4.99 Å². The lowest BCUT2D eigenvalue weighted by Gasteiger charge is -2.20. The van der Waals surface area contributed by atoms with E-state index in [-0.39, 0.29) is 12.5 Å². The average Bonchev–Trinajstić information content (AvgIpc) is 3.27. The van der Waals surface area contributed by atoms with E-state index < -0.39 is 0 Å². The minimum absolute atomic E-state index is 0.0377. The fourth-order valence-electron chi connectivity index (χ4n) is 3.19. The van der Waals surface area contributed by atoms with E-state index in [4.69, 9.17) is 0 Å². The molecule has 0 fully saturated rings. The first-order valence-corrected chi connectivity index (χ1v) is 9.39. The number of anilines is 1. The van der Waals surface area contributed by atoms with Gasteiger partial charge in [0.25, 0.3) is 0 Å². The van der Waals surface area contributed by atoms with E-state index in [1.54, 1.807) is 7.05 Å². The third-order valence-corrected chi connectivity index (χ3v) is 4.78. The van der Waals surface area contributed by atoms with Gasteiger partial charge in [-0.1, -0.05) is 54.6 Å². The van der Waals surface area contributed by atoms with E-state index >= 15 is 0 Å². The molecule has 3 N–H and O–H groups in total.